The Kier molecular flexibility index (Phi) is 6.77. The third-order valence-corrected chi connectivity index (χ3v) is 8.52. The fraction of sp³-hybridized carbons (Fsp3) is 0.480. The SMILES string of the molecule is CCC[C@@H](NC(=O)C1CCN(S(=O)(=O)c2ccc3c(c2)CCC3)CC1)c1ccccc1. The van der Waals surface area contributed by atoms with E-state index >= 15 is 0 Å². The molecule has 0 aromatic heterocycles. The molecule has 1 saturated heterocycles. The molecule has 4 rings (SSSR count). The van der Waals surface area contributed by atoms with Crippen molar-refractivity contribution in [1.82, 2.24) is 9.62 Å². The van der Waals surface area contributed by atoms with Crippen LogP contribution in [0.15, 0.2) is 53.4 Å². The summed E-state index contributed by atoms with van der Waals surface area (Å²) in [7, 11) is -3.51. The highest BCUT2D eigenvalue weighted by Gasteiger charge is 2.33. The van der Waals surface area contributed by atoms with Gasteiger partial charge in [0.15, 0.2) is 0 Å². The van der Waals surface area contributed by atoms with E-state index < -0.39 is 10.0 Å². The van der Waals surface area contributed by atoms with Crippen molar-refractivity contribution in [3.05, 3.63) is 65.2 Å². The minimum Gasteiger partial charge on any atom is -0.349 e. The predicted molar refractivity (Wildman–Crippen MR) is 122 cm³/mol. The molecule has 0 unspecified atom stereocenters. The van der Waals surface area contributed by atoms with Crippen LogP contribution in [0, 0.1) is 5.92 Å². The molecule has 0 saturated carbocycles. The van der Waals surface area contributed by atoms with Gasteiger partial charge < -0.3 is 5.32 Å². The molecule has 1 N–H and O–H groups in total. The number of sulfonamides is 1. The Bertz CT molecular complexity index is 1010. The average molecular weight is 441 g/mol. The summed E-state index contributed by atoms with van der Waals surface area (Å²) in [5.41, 5.74) is 3.56. The van der Waals surface area contributed by atoms with Gasteiger partial charge in [0.25, 0.3) is 0 Å². The van der Waals surface area contributed by atoms with Gasteiger partial charge in [-0.1, -0.05) is 49.7 Å². The second-order valence-corrected chi connectivity index (χ2v) is 10.7. The predicted octanol–water partition coefficient (Wildman–Crippen LogP) is 4.23. The van der Waals surface area contributed by atoms with Gasteiger partial charge in [0.2, 0.25) is 15.9 Å². The summed E-state index contributed by atoms with van der Waals surface area (Å²) < 4.78 is 27.8. The Balaban J connectivity index is 1.38. The second-order valence-electron chi connectivity index (χ2n) is 8.72. The standard InChI is InChI=1S/C25H32N2O3S/c1-2-7-24(20-8-4-3-5-9-20)26-25(28)21-14-16-27(17-15-21)31(29,30)23-13-12-19-10-6-11-22(19)18-23/h3-5,8-9,12-13,18,21,24H,2,6-7,10-11,14-17H2,1H3,(H,26,28)/t24-/m1/s1. The van der Waals surface area contributed by atoms with E-state index in [1.54, 1.807) is 10.4 Å². The summed E-state index contributed by atoms with van der Waals surface area (Å²) in [5.74, 6) is -0.105. The molecule has 1 aliphatic heterocycles. The van der Waals surface area contributed by atoms with Crippen LogP contribution in [0.25, 0.3) is 0 Å². The molecule has 0 spiro atoms. The minimum absolute atomic E-state index is 0.00637. The normalized spacial score (nSPS) is 18.5. The summed E-state index contributed by atoms with van der Waals surface area (Å²) >= 11 is 0. The van der Waals surface area contributed by atoms with E-state index in [2.05, 4.69) is 12.2 Å². The average Bonchev–Trinajstić information content (AvgIpc) is 3.27. The van der Waals surface area contributed by atoms with Crippen LogP contribution in [-0.2, 0) is 27.7 Å². The lowest BCUT2D eigenvalue weighted by molar-refractivity contribution is -0.127. The number of hydrogen-bond donors (Lipinski definition) is 1. The van der Waals surface area contributed by atoms with Crippen LogP contribution in [0.3, 0.4) is 0 Å². The Hall–Kier alpha value is -2.18. The minimum atomic E-state index is -3.51. The van der Waals surface area contributed by atoms with Crippen LogP contribution in [0.1, 0.15) is 61.8 Å². The zero-order valence-corrected chi connectivity index (χ0v) is 19.0. The Morgan fingerprint density at radius 3 is 2.48 bits per heavy atom. The number of fused-ring (bicyclic) bond motifs is 1. The zero-order valence-electron chi connectivity index (χ0n) is 18.2. The third-order valence-electron chi connectivity index (χ3n) is 6.63. The highest BCUT2D eigenvalue weighted by Crippen LogP contribution is 2.29. The number of carbonyl (C=O) groups excluding carboxylic acids is 1. The lowest BCUT2D eigenvalue weighted by Crippen LogP contribution is -2.43. The molecule has 31 heavy (non-hydrogen) atoms. The number of nitrogens with one attached hydrogen (secondary N) is 1. The molecule has 2 aliphatic rings. The van der Waals surface area contributed by atoms with E-state index in [1.807, 2.05) is 42.5 Å². The first-order valence-electron chi connectivity index (χ1n) is 11.5. The number of rotatable bonds is 7. The first kappa shape index (κ1) is 22.0. The first-order valence-corrected chi connectivity index (χ1v) is 12.9. The fourth-order valence-electron chi connectivity index (χ4n) is 4.80. The van der Waals surface area contributed by atoms with Crippen LogP contribution in [0.4, 0.5) is 0 Å². The van der Waals surface area contributed by atoms with Crippen molar-refractivity contribution in [1.29, 1.82) is 0 Å². The molecule has 2 aromatic carbocycles. The van der Waals surface area contributed by atoms with Crippen LogP contribution in [-0.4, -0.2) is 31.7 Å². The van der Waals surface area contributed by atoms with E-state index in [-0.39, 0.29) is 17.9 Å². The van der Waals surface area contributed by atoms with Gasteiger partial charge in [0.1, 0.15) is 0 Å². The molecule has 2 aromatic rings. The molecule has 0 radical (unpaired) electrons. The van der Waals surface area contributed by atoms with Crippen LogP contribution < -0.4 is 5.32 Å². The smallest absolute Gasteiger partial charge is 0.243 e. The number of aryl methyl sites for hydroxylation is 2. The van der Waals surface area contributed by atoms with Gasteiger partial charge in [0, 0.05) is 19.0 Å². The Morgan fingerprint density at radius 2 is 1.77 bits per heavy atom. The molecule has 1 atom stereocenters. The number of piperidine rings is 1. The molecule has 0 bridgehead atoms. The van der Waals surface area contributed by atoms with Crippen LogP contribution >= 0.6 is 0 Å². The van der Waals surface area contributed by atoms with Gasteiger partial charge in [-0.15, -0.1) is 0 Å². The summed E-state index contributed by atoms with van der Waals surface area (Å²) in [6.07, 6.45) is 6.09. The second kappa shape index (κ2) is 9.53. The van der Waals surface area contributed by atoms with Crippen molar-refractivity contribution in [2.45, 2.75) is 62.8 Å². The number of amides is 1. The molecular formula is C25H32N2O3S. The molecule has 1 fully saturated rings. The molecule has 1 heterocycles. The van der Waals surface area contributed by atoms with Gasteiger partial charge in [-0.2, -0.15) is 4.31 Å². The van der Waals surface area contributed by atoms with Crippen molar-refractivity contribution in [3.63, 3.8) is 0 Å². The van der Waals surface area contributed by atoms with E-state index in [0.29, 0.717) is 30.8 Å². The largest absolute Gasteiger partial charge is 0.349 e. The third kappa shape index (κ3) is 4.85. The van der Waals surface area contributed by atoms with E-state index in [1.165, 1.54) is 11.1 Å². The molecule has 5 nitrogen and oxygen atoms in total. The summed E-state index contributed by atoms with van der Waals surface area (Å²) in [6, 6.07) is 15.6. The van der Waals surface area contributed by atoms with Gasteiger partial charge in [-0.3, -0.25) is 4.79 Å². The summed E-state index contributed by atoms with van der Waals surface area (Å²) in [5, 5.41) is 3.21. The highest BCUT2D eigenvalue weighted by atomic mass is 32.2. The first-order chi connectivity index (χ1) is 15.0. The molecule has 166 valence electrons. The quantitative estimate of drug-likeness (QED) is 0.701. The van der Waals surface area contributed by atoms with E-state index in [9.17, 15) is 13.2 Å². The summed E-state index contributed by atoms with van der Waals surface area (Å²) in [6.45, 7) is 2.90. The van der Waals surface area contributed by atoms with Gasteiger partial charge in [-0.25, -0.2) is 8.42 Å². The molecule has 1 amide bonds. The molecular weight excluding hydrogens is 408 g/mol. The maximum Gasteiger partial charge on any atom is 0.243 e. The van der Waals surface area contributed by atoms with Gasteiger partial charge in [-0.05, 0) is 67.3 Å². The van der Waals surface area contributed by atoms with Crippen molar-refractivity contribution in [2.24, 2.45) is 5.92 Å². The molecule has 6 heteroatoms. The maximum atomic E-state index is 13.1. The molecule has 1 aliphatic carbocycles. The zero-order chi connectivity index (χ0) is 21.8. The van der Waals surface area contributed by atoms with Crippen molar-refractivity contribution in [3.8, 4) is 0 Å². The van der Waals surface area contributed by atoms with E-state index in [4.69, 9.17) is 0 Å². The van der Waals surface area contributed by atoms with E-state index in [0.717, 1.165) is 37.7 Å². The summed E-state index contributed by atoms with van der Waals surface area (Å²) in [4.78, 5) is 13.3. The fourth-order valence-corrected chi connectivity index (χ4v) is 6.32. The Labute approximate surface area is 185 Å². The number of hydrogen-bond acceptors (Lipinski definition) is 3. The van der Waals surface area contributed by atoms with Crippen molar-refractivity contribution >= 4 is 15.9 Å². The topological polar surface area (TPSA) is 66.5 Å². The number of carbonyl (C=O) groups is 1. The van der Waals surface area contributed by atoms with Gasteiger partial charge in [0.05, 0.1) is 10.9 Å². The van der Waals surface area contributed by atoms with Crippen molar-refractivity contribution < 1.29 is 13.2 Å². The lowest BCUT2D eigenvalue weighted by Gasteiger charge is -2.31. The Morgan fingerprint density at radius 1 is 1.06 bits per heavy atom. The number of nitrogens with zero attached hydrogens (tertiary/aromatic N) is 1. The maximum absolute atomic E-state index is 13.1. The highest BCUT2D eigenvalue weighted by molar-refractivity contribution is 7.89. The lowest BCUT2D eigenvalue weighted by atomic mass is 9.95. The van der Waals surface area contributed by atoms with Crippen LogP contribution in [0.5, 0.6) is 0 Å². The monoisotopic (exact) mass is 440 g/mol. The number of benzene rings is 2. The van der Waals surface area contributed by atoms with Gasteiger partial charge >= 0.3 is 0 Å². The van der Waals surface area contributed by atoms with Crippen molar-refractivity contribution in [2.75, 3.05) is 13.1 Å². The van der Waals surface area contributed by atoms with Crippen LogP contribution in [0.2, 0.25) is 0 Å².